The van der Waals surface area contributed by atoms with Crippen LogP contribution in [-0.4, -0.2) is 17.6 Å². The molecule has 0 aromatic heterocycles. The van der Waals surface area contributed by atoms with Gasteiger partial charge in [-0.05, 0) is 42.3 Å². The lowest BCUT2D eigenvalue weighted by molar-refractivity contribution is 0.0997. The smallest absolute Gasteiger partial charge is 0.248 e. The molecule has 1 unspecified atom stereocenters. The van der Waals surface area contributed by atoms with Crippen molar-refractivity contribution in [1.82, 2.24) is 0 Å². The van der Waals surface area contributed by atoms with Crippen LogP contribution in [-0.2, 0) is 0 Å². The molecule has 0 aliphatic carbocycles. The van der Waals surface area contributed by atoms with E-state index in [0.717, 1.165) is 5.56 Å². The van der Waals surface area contributed by atoms with E-state index in [0.29, 0.717) is 16.9 Å². The van der Waals surface area contributed by atoms with Gasteiger partial charge in [0.05, 0.1) is 0 Å². The van der Waals surface area contributed by atoms with Crippen LogP contribution in [0.15, 0.2) is 42.5 Å². The first-order chi connectivity index (χ1) is 9.97. The fourth-order valence-electron chi connectivity index (χ4n) is 1.86. The third-order valence-corrected chi connectivity index (χ3v) is 3.12. The van der Waals surface area contributed by atoms with Crippen molar-refractivity contribution in [1.29, 1.82) is 0 Å². The zero-order valence-corrected chi connectivity index (χ0v) is 11.5. The van der Waals surface area contributed by atoms with Crippen LogP contribution in [0.5, 0.6) is 5.75 Å². The summed E-state index contributed by atoms with van der Waals surface area (Å²) in [6.07, 6.45) is -0.887. The van der Waals surface area contributed by atoms with Crippen LogP contribution < -0.4 is 10.5 Å². The van der Waals surface area contributed by atoms with Gasteiger partial charge in [-0.3, -0.25) is 4.79 Å². The lowest BCUT2D eigenvalue weighted by Crippen LogP contribution is -2.13. The van der Waals surface area contributed by atoms with Gasteiger partial charge >= 0.3 is 0 Å². The van der Waals surface area contributed by atoms with E-state index in [2.05, 4.69) is 0 Å². The van der Waals surface area contributed by atoms with Gasteiger partial charge in [-0.2, -0.15) is 0 Å². The Balaban J connectivity index is 2.07. The van der Waals surface area contributed by atoms with Crippen LogP contribution in [0.1, 0.15) is 27.6 Å². The van der Waals surface area contributed by atoms with Gasteiger partial charge in [0.15, 0.2) is 0 Å². The van der Waals surface area contributed by atoms with E-state index in [4.69, 9.17) is 10.5 Å². The van der Waals surface area contributed by atoms with Crippen molar-refractivity contribution in [2.45, 2.75) is 13.0 Å². The summed E-state index contributed by atoms with van der Waals surface area (Å²) >= 11 is 0. The van der Waals surface area contributed by atoms with E-state index in [1.54, 1.807) is 12.1 Å². The number of hydrogen-bond donors (Lipinski definition) is 2. The van der Waals surface area contributed by atoms with Gasteiger partial charge in [0.25, 0.3) is 0 Å². The molecule has 2 aromatic rings. The first kappa shape index (κ1) is 15.0. The quantitative estimate of drug-likeness (QED) is 0.887. The van der Waals surface area contributed by atoms with E-state index in [9.17, 15) is 14.3 Å². The molecule has 0 fully saturated rings. The highest BCUT2D eigenvalue weighted by molar-refractivity contribution is 5.93. The average Bonchev–Trinajstić information content (AvgIpc) is 2.46. The molecular weight excluding hydrogens is 273 g/mol. The normalized spacial score (nSPS) is 12.0. The minimum absolute atomic E-state index is 0.00527. The van der Waals surface area contributed by atoms with Crippen molar-refractivity contribution in [3.8, 4) is 5.75 Å². The Bertz CT molecular complexity index is 640. The van der Waals surface area contributed by atoms with Crippen LogP contribution in [0.3, 0.4) is 0 Å². The number of nitrogens with two attached hydrogens (primary N) is 1. The Morgan fingerprint density at radius 3 is 2.57 bits per heavy atom. The predicted molar refractivity (Wildman–Crippen MR) is 76.6 cm³/mol. The zero-order chi connectivity index (χ0) is 15.4. The molecule has 2 aromatic carbocycles. The summed E-state index contributed by atoms with van der Waals surface area (Å²) in [5.74, 6) is -0.428. The molecule has 1 atom stereocenters. The van der Waals surface area contributed by atoms with Crippen molar-refractivity contribution in [2.75, 3.05) is 6.61 Å². The van der Waals surface area contributed by atoms with Crippen molar-refractivity contribution in [2.24, 2.45) is 5.73 Å². The molecule has 5 heteroatoms. The van der Waals surface area contributed by atoms with Crippen molar-refractivity contribution in [3.05, 3.63) is 65.0 Å². The van der Waals surface area contributed by atoms with E-state index in [1.807, 2.05) is 6.92 Å². The molecule has 0 saturated heterocycles. The zero-order valence-electron chi connectivity index (χ0n) is 11.5. The van der Waals surface area contributed by atoms with Crippen LogP contribution in [0.25, 0.3) is 0 Å². The Labute approximate surface area is 122 Å². The molecule has 0 heterocycles. The second-order valence-corrected chi connectivity index (χ2v) is 4.72. The van der Waals surface area contributed by atoms with Gasteiger partial charge in [-0.15, -0.1) is 0 Å². The van der Waals surface area contributed by atoms with Crippen molar-refractivity contribution < 1.29 is 19.0 Å². The average molecular weight is 289 g/mol. The molecule has 0 saturated carbocycles. The Morgan fingerprint density at radius 1 is 1.29 bits per heavy atom. The van der Waals surface area contributed by atoms with Gasteiger partial charge in [-0.1, -0.05) is 18.2 Å². The number of hydrogen-bond acceptors (Lipinski definition) is 3. The number of carbonyl (C=O) groups is 1. The number of aryl methyl sites for hydroxylation is 1. The van der Waals surface area contributed by atoms with Crippen LogP contribution in [0.4, 0.5) is 4.39 Å². The number of ether oxygens (including phenoxy) is 1. The number of aliphatic hydroxyl groups is 1. The highest BCUT2D eigenvalue weighted by atomic mass is 19.1. The first-order valence-electron chi connectivity index (χ1n) is 6.44. The maximum Gasteiger partial charge on any atom is 0.248 e. The molecule has 0 aliphatic rings. The lowest BCUT2D eigenvalue weighted by Gasteiger charge is -2.14. The molecule has 0 aliphatic heterocycles. The van der Waals surface area contributed by atoms with Gasteiger partial charge in [0.2, 0.25) is 5.91 Å². The lowest BCUT2D eigenvalue weighted by atomic mass is 10.1. The van der Waals surface area contributed by atoms with Crippen LogP contribution >= 0.6 is 0 Å². The van der Waals surface area contributed by atoms with Crippen molar-refractivity contribution in [3.63, 3.8) is 0 Å². The fourth-order valence-corrected chi connectivity index (χ4v) is 1.86. The fraction of sp³-hybridized carbons (Fsp3) is 0.188. The summed E-state index contributed by atoms with van der Waals surface area (Å²) in [6, 6.07) is 10.4. The predicted octanol–water partition coefficient (Wildman–Crippen LogP) is 2.35. The number of benzene rings is 2. The molecule has 0 bridgehead atoms. The van der Waals surface area contributed by atoms with Crippen LogP contribution in [0, 0.1) is 12.7 Å². The summed E-state index contributed by atoms with van der Waals surface area (Å²) in [7, 11) is 0. The van der Waals surface area contributed by atoms with E-state index < -0.39 is 12.0 Å². The third kappa shape index (κ3) is 3.79. The summed E-state index contributed by atoms with van der Waals surface area (Å²) in [5.41, 5.74) is 6.94. The van der Waals surface area contributed by atoms with E-state index in [-0.39, 0.29) is 12.4 Å². The summed E-state index contributed by atoms with van der Waals surface area (Å²) in [6.45, 7) is 1.82. The molecule has 0 radical (unpaired) electrons. The molecule has 1 amide bonds. The van der Waals surface area contributed by atoms with Crippen LogP contribution in [0.2, 0.25) is 0 Å². The maximum absolute atomic E-state index is 12.8. The highest BCUT2D eigenvalue weighted by Crippen LogP contribution is 2.22. The SMILES string of the molecule is Cc1ccc(C(N)=O)cc1OCC(O)c1ccc(F)cc1. The van der Waals surface area contributed by atoms with Gasteiger partial charge in [-0.25, -0.2) is 4.39 Å². The highest BCUT2D eigenvalue weighted by Gasteiger charge is 2.11. The molecule has 2 rings (SSSR count). The summed E-state index contributed by atoms with van der Waals surface area (Å²) in [4.78, 5) is 11.1. The number of amides is 1. The second-order valence-electron chi connectivity index (χ2n) is 4.72. The monoisotopic (exact) mass is 289 g/mol. The van der Waals surface area contributed by atoms with E-state index in [1.165, 1.54) is 30.3 Å². The Morgan fingerprint density at radius 2 is 1.95 bits per heavy atom. The Kier molecular flexibility index (Phi) is 4.55. The standard InChI is InChI=1S/C16H16FNO3/c1-10-2-3-12(16(18)20)8-15(10)21-9-14(19)11-4-6-13(17)7-5-11/h2-8,14,19H,9H2,1H3,(H2,18,20). The number of aliphatic hydroxyl groups excluding tert-OH is 1. The third-order valence-electron chi connectivity index (χ3n) is 3.12. The largest absolute Gasteiger partial charge is 0.490 e. The number of halogens is 1. The number of rotatable bonds is 5. The Hall–Kier alpha value is -2.40. The first-order valence-corrected chi connectivity index (χ1v) is 6.44. The van der Waals surface area contributed by atoms with Gasteiger partial charge in [0.1, 0.15) is 24.3 Å². The van der Waals surface area contributed by atoms with E-state index >= 15 is 0 Å². The molecular formula is C16H16FNO3. The molecule has 110 valence electrons. The minimum atomic E-state index is -0.887. The molecule has 4 nitrogen and oxygen atoms in total. The summed E-state index contributed by atoms with van der Waals surface area (Å²) in [5, 5.41) is 10.0. The van der Waals surface area contributed by atoms with Crippen molar-refractivity contribution >= 4 is 5.91 Å². The molecule has 21 heavy (non-hydrogen) atoms. The summed E-state index contributed by atoms with van der Waals surface area (Å²) < 4.78 is 18.3. The number of primary amides is 1. The number of carbonyl (C=O) groups excluding carboxylic acids is 1. The molecule has 3 N–H and O–H groups in total. The second kappa shape index (κ2) is 6.37. The molecule has 0 spiro atoms. The maximum atomic E-state index is 12.8. The topological polar surface area (TPSA) is 72.6 Å². The van der Waals surface area contributed by atoms with Gasteiger partial charge < -0.3 is 15.6 Å². The minimum Gasteiger partial charge on any atom is -0.490 e. The van der Waals surface area contributed by atoms with Gasteiger partial charge in [0, 0.05) is 5.56 Å².